The van der Waals surface area contributed by atoms with E-state index in [-0.39, 0.29) is 37.7 Å². The van der Waals surface area contributed by atoms with Gasteiger partial charge in [-0.1, -0.05) is 213 Å². The average molecular weight is 751 g/mol. The molecule has 0 N–H and O–H groups in total. The Balaban J connectivity index is 4.47. The molecular formula is C47H90O6. The average Bonchev–Trinajstić information content (AvgIpc) is 3.15. The Hall–Kier alpha value is -1.59. The van der Waals surface area contributed by atoms with Crippen LogP contribution in [0.25, 0.3) is 0 Å². The van der Waals surface area contributed by atoms with Crippen LogP contribution in [-0.4, -0.2) is 37.7 Å². The molecule has 0 aromatic rings. The van der Waals surface area contributed by atoms with Crippen LogP contribution in [0.2, 0.25) is 0 Å². The Bertz CT molecular complexity index is 708. The number of carbonyl (C=O) groups excluding carboxylic acids is 3. The van der Waals surface area contributed by atoms with Crippen molar-refractivity contribution in [3.63, 3.8) is 0 Å². The van der Waals surface area contributed by atoms with Crippen LogP contribution in [0.4, 0.5) is 0 Å². The maximum absolute atomic E-state index is 12.6. The van der Waals surface area contributed by atoms with Crippen molar-refractivity contribution in [2.75, 3.05) is 19.8 Å². The highest BCUT2D eigenvalue weighted by Crippen LogP contribution is 2.22. The first kappa shape index (κ1) is 51.4. The van der Waals surface area contributed by atoms with Crippen molar-refractivity contribution in [3.05, 3.63) is 0 Å². The number of ether oxygens (including phenoxy) is 3. The molecule has 0 fully saturated rings. The minimum atomic E-state index is -0.771. The minimum Gasteiger partial charge on any atom is -0.465 e. The largest absolute Gasteiger partial charge is 0.465 e. The van der Waals surface area contributed by atoms with Gasteiger partial charge < -0.3 is 14.2 Å². The lowest BCUT2D eigenvalue weighted by atomic mass is 9.94. The molecule has 0 saturated heterocycles. The number of rotatable bonds is 42. The molecule has 0 aliphatic heterocycles. The van der Waals surface area contributed by atoms with E-state index in [1.807, 2.05) is 6.92 Å². The Labute approximate surface area is 329 Å². The van der Waals surface area contributed by atoms with Gasteiger partial charge in [0.15, 0.2) is 0 Å². The van der Waals surface area contributed by atoms with Crippen molar-refractivity contribution in [3.8, 4) is 0 Å². The summed E-state index contributed by atoms with van der Waals surface area (Å²) in [6.07, 6.45) is 41.9. The fourth-order valence-corrected chi connectivity index (χ4v) is 6.91. The first-order valence-electron chi connectivity index (χ1n) is 23.3. The Morgan fingerprint density at radius 3 is 0.660 bits per heavy atom. The minimum absolute atomic E-state index is 0.0707. The molecule has 0 aromatic heterocycles. The molecule has 0 bridgehead atoms. The lowest BCUT2D eigenvalue weighted by molar-refractivity contribution is -0.160. The number of carbonyl (C=O) groups is 3. The standard InChI is InChI=1S/C47H90O6/c1-5-8-11-14-17-20-23-26-29-32-35-38-44(48)51-41-47(4,42-52-45(49)39-36-33-30-27-24-21-18-15-12-9-6-2)43-53-46(50)40-37-34-31-28-25-22-19-16-13-10-7-3/h5-43H2,1-4H3. The molecule has 0 atom stereocenters. The van der Waals surface area contributed by atoms with E-state index < -0.39 is 5.41 Å². The van der Waals surface area contributed by atoms with Gasteiger partial charge >= 0.3 is 17.9 Å². The molecule has 53 heavy (non-hydrogen) atoms. The summed E-state index contributed by atoms with van der Waals surface area (Å²) >= 11 is 0. The predicted octanol–water partition coefficient (Wildman–Crippen LogP) is 14.7. The van der Waals surface area contributed by atoms with Crippen LogP contribution < -0.4 is 0 Å². The highest BCUT2D eigenvalue weighted by atomic mass is 16.6. The summed E-state index contributed by atoms with van der Waals surface area (Å²) in [5.74, 6) is -0.690. The van der Waals surface area contributed by atoms with Gasteiger partial charge in [-0.3, -0.25) is 14.4 Å². The molecule has 0 unspecified atom stereocenters. The zero-order chi connectivity index (χ0) is 38.9. The van der Waals surface area contributed by atoms with Crippen LogP contribution in [0.1, 0.15) is 259 Å². The van der Waals surface area contributed by atoms with Crippen LogP contribution in [0.5, 0.6) is 0 Å². The Morgan fingerprint density at radius 1 is 0.302 bits per heavy atom. The first-order chi connectivity index (χ1) is 25.9. The first-order valence-corrected chi connectivity index (χ1v) is 23.3. The zero-order valence-corrected chi connectivity index (χ0v) is 36.0. The van der Waals surface area contributed by atoms with E-state index in [0.717, 1.165) is 57.8 Å². The second-order valence-corrected chi connectivity index (χ2v) is 16.6. The molecular weight excluding hydrogens is 661 g/mol. The summed E-state index contributed by atoms with van der Waals surface area (Å²) < 4.78 is 17.1. The van der Waals surface area contributed by atoms with Gasteiger partial charge in [0.1, 0.15) is 19.8 Å². The van der Waals surface area contributed by atoms with Crippen molar-refractivity contribution in [1.29, 1.82) is 0 Å². The van der Waals surface area contributed by atoms with Crippen molar-refractivity contribution < 1.29 is 28.6 Å². The Morgan fingerprint density at radius 2 is 0.472 bits per heavy atom. The Kier molecular flexibility index (Phi) is 38.9. The van der Waals surface area contributed by atoms with E-state index in [9.17, 15) is 14.4 Å². The molecule has 6 nitrogen and oxygen atoms in total. The van der Waals surface area contributed by atoms with Crippen LogP contribution >= 0.6 is 0 Å². The summed E-state index contributed by atoms with van der Waals surface area (Å²) in [7, 11) is 0. The number of hydrogen-bond donors (Lipinski definition) is 0. The fraction of sp³-hybridized carbons (Fsp3) is 0.936. The van der Waals surface area contributed by atoms with Gasteiger partial charge in [0.05, 0.1) is 5.41 Å². The van der Waals surface area contributed by atoms with E-state index in [2.05, 4.69) is 20.8 Å². The van der Waals surface area contributed by atoms with Gasteiger partial charge in [-0.15, -0.1) is 0 Å². The van der Waals surface area contributed by atoms with Crippen LogP contribution in [0.3, 0.4) is 0 Å². The third-order valence-corrected chi connectivity index (χ3v) is 10.7. The van der Waals surface area contributed by atoms with Crippen LogP contribution in [-0.2, 0) is 28.6 Å². The second-order valence-electron chi connectivity index (χ2n) is 16.6. The normalized spacial score (nSPS) is 11.5. The second kappa shape index (κ2) is 40.1. The molecule has 0 saturated carbocycles. The summed E-state index contributed by atoms with van der Waals surface area (Å²) in [5.41, 5.74) is -0.771. The van der Waals surface area contributed by atoms with Gasteiger partial charge in [0, 0.05) is 19.3 Å². The molecule has 0 aliphatic carbocycles. The van der Waals surface area contributed by atoms with E-state index >= 15 is 0 Å². The third kappa shape index (κ3) is 38.5. The summed E-state index contributed by atoms with van der Waals surface area (Å²) in [5, 5.41) is 0. The van der Waals surface area contributed by atoms with Gasteiger partial charge in [-0.05, 0) is 26.2 Å². The SMILES string of the molecule is CCCCCCCCCCCCCC(=O)OCC(C)(COC(=O)CCCCCCCCCCCCC)COC(=O)CCCCCCCCCCCCC. The van der Waals surface area contributed by atoms with Crippen LogP contribution in [0.15, 0.2) is 0 Å². The van der Waals surface area contributed by atoms with E-state index in [4.69, 9.17) is 14.2 Å². The maximum Gasteiger partial charge on any atom is 0.305 e. The third-order valence-electron chi connectivity index (χ3n) is 10.7. The number of hydrogen-bond acceptors (Lipinski definition) is 6. The van der Waals surface area contributed by atoms with Crippen LogP contribution in [0, 0.1) is 5.41 Å². The molecule has 0 spiro atoms. The lowest BCUT2D eigenvalue weighted by Crippen LogP contribution is -2.37. The van der Waals surface area contributed by atoms with Crippen molar-refractivity contribution in [1.82, 2.24) is 0 Å². The number of unbranched alkanes of at least 4 members (excludes halogenated alkanes) is 30. The predicted molar refractivity (Wildman–Crippen MR) is 224 cm³/mol. The monoisotopic (exact) mass is 751 g/mol. The van der Waals surface area contributed by atoms with Gasteiger partial charge in [-0.2, -0.15) is 0 Å². The molecule has 314 valence electrons. The van der Waals surface area contributed by atoms with Gasteiger partial charge in [0.2, 0.25) is 0 Å². The molecule has 0 heterocycles. The summed E-state index contributed by atoms with van der Waals surface area (Å²) in [4.78, 5) is 37.9. The van der Waals surface area contributed by atoms with Gasteiger partial charge in [-0.25, -0.2) is 0 Å². The molecule has 0 rings (SSSR count). The smallest absolute Gasteiger partial charge is 0.305 e. The van der Waals surface area contributed by atoms with E-state index in [0.29, 0.717) is 19.3 Å². The quantitative estimate of drug-likeness (QED) is 0.0351. The topological polar surface area (TPSA) is 78.9 Å². The van der Waals surface area contributed by atoms with E-state index in [1.54, 1.807) is 0 Å². The van der Waals surface area contributed by atoms with E-state index in [1.165, 1.54) is 154 Å². The molecule has 0 radical (unpaired) electrons. The van der Waals surface area contributed by atoms with Gasteiger partial charge in [0.25, 0.3) is 0 Å². The highest BCUT2D eigenvalue weighted by Gasteiger charge is 2.30. The number of esters is 3. The molecule has 6 heteroatoms. The van der Waals surface area contributed by atoms with Crippen molar-refractivity contribution in [2.45, 2.75) is 259 Å². The lowest BCUT2D eigenvalue weighted by Gasteiger charge is -2.28. The van der Waals surface area contributed by atoms with Crippen molar-refractivity contribution >= 4 is 17.9 Å². The maximum atomic E-state index is 12.6. The summed E-state index contributed by atoms with van der Waals surface area (Å²) in [6, 6.07) is 0. The summed E-state index contributed by atoms with van der Waals surface area (Å²) in [6.45, 7) is 8.86. The zero-order valence-electron chi connectivity index (χ0n) is 36.0. The molecule has 0 aromatic carbocycles. The highest BCUT2D eigenvalue weighted by molar-refractivity contribution is 5.70. The van der Waals surface area contributed by atoms with Crippen molar-refractivity contribution in [2.24, 2.45) is 5.41 Å². The molecule has 0 aliphatic rings. The fourth-order valence-electron chi connectivity index (χ4n) is 6.91. The molecule has 0 amide bonds.